The number of fused-ring (bicyclic) bond motifs is 1. The van der Waals surface area contributed by atoms with Gasteiger partial charge >= 0.3 is 0 Å². The van der Waals surface area contributed by atoms with Crippen LogP contribution in [0.25, 0.3) is 5.65 Å². The first-order chi connectivity index (χ1) is 7.34. The van der Waals surface area contributed by atoms with Crippen LogP contribution in [0, 0.1) is 0 Å². The van der Waals surface area contributed by atoms with E-state index >= 15 is 0 Å². The fourth-order valence-electron chi connectivity index (χ4n) is 2.44. The van der Waals surface area contributed by atoms with Crippen molar-refractivity contribution in [2.45, 2.75) is 31.6 Å². The van der Waals surface area contributed by atoms with Crippen LogP contribution in [0.2, 0.25) is 0 Å². The van der Waals surface area contributed by atoms with Gasteiger partial charge in [0.2, 0.25) is 0 Å². The minimum absolute atomic E-state index is 0.266. The fourth-order valence-corrected chi connectivity index (χ4v) is 2.44. The molecule has 1 saturated carbocycles. The molecule has 1 aliphatic carbocycles. The van der Waals surface area contributed by atoms with Gasteiger partial charge in [0.1, 0.15) is 0 Å². The van der Waals surface area contributed by atoms with Gasteiger partial charge in [-0.2, -0.15) is 0 Å². The van der Waals surface area contributed by atoms with Crippen LogP contribution in [0.5, 0.6) is 5.75 Å². The van der Waals surface area contributed by atoms with Crippen molar-refractivity contribution in [3.8, 4) is 5.75 Å². The molecule has 0 atom stereocenters. The van der Waals surface area contributed by atoms with Gasteiger partial charge in [-0.1, -0.05) is 12.8 Å². The highest BCUT2D eigenvalue weighted by Gasteiger charge is 2.20. The van der Waals surface area contributed by atoms with Gasteiger partial charge < -0.3 is 9.51 Å². The molecule has 3 nitrogen and oxygen atoms in total. The summed E-state index contributed by atoms with van der Waals surface area (Å²) in [6.07, 6.45) is 9.08. The van der Waals surface area contributed by atoms with Gasteiger partial charge in [0.15, 0.2) is 11.4 Å². The van der Waals surface area contributed by atoms with Crippen LogP contribution in [0.1, 0.15) is 37.3 Å². The highest BCUT2D eigenvalue weighted by molar-refractivity contribution is 5.53. The lowest BCUT2D eigenvalue weighted by atomic mass is 10.1. The molecule has 3 heteroatoms. The molecular weight excluding hydrogens is 188 g/mol. The van der Waals surface area contributed by atoms with E-state index in [1.54, 1.807) is 6.07 Å². The normalized spacial score (nSPS) is 17.6. The number of nitrogens with zero attached hydrogens (tertiary/aromatic N) is 2. The summed E-state index contributed by atoms with van der Waals surface area (Å²) in [6, 6.07) is 3.52. The van der Waals surface area contributed by atoms with Gasteiger partial charge in [0.05, 0.1) is 5.69 Å². The van der Waals surface area contributed by atoms with E-state index in [2.05, 4.69) is 4.98 Å². The molecule has 0 saturated heterocycles. The van der Waals surface area contributed by atoms with Crippen molar-refractivity contribution >= 4 is 5.65 Å². The number of aromatic nitrogens is 2. The Labute approximate surface area is 88.4 Å². The highest BCUT2D eigenvalue weighted by atomic mass is 16.3. The Bertz CT molecular complexity index is 483. The van der Waals surface area contributed by atoms with Crippen molar-refractivity contribution in [2.75, 3.05) is 0 Å². The van der Waals surface area contributed by atoms with Gasteiger partial charge in [-0.3, -0.25) is 0 Å². The van der Waals surface area contributed by atoms with E-state index in [4.69, 9.17) is 0 Å². The molecule has 2 aromatic rings. The Balaban J connectivity index is 2.09. The first-order valence-electron chi connectivity index (χ1n) is 5.51. The molecular formula is C12H14N2O. The SMILES string of the molecule is Oc1cccn2cc(C3CCCC3)nc12. The molecule has 0 aromatic carbocycles. The van der Waals surface area contributed by atoms with Crippen LogP contribution in [0.15, 0.2) is 24.5 Å². The topological polar surface area (TPSA) is 37.5 Å². The van der Waals surface area contributed by atoms with Gasteiger partial charge in [-0.05, 0) is 25.0 Å². The zero-order chi connectivity index (χ0) is 10.3. The van der Waals surface area contributed by atoms with E-state index in [0.29, 0.717) is 11.6 Å². The van der Waals surface area contributed by atoms with E-state index in [0.717, 1.165) is 5.69 Å². The number of rotatable bonds is 1. The molecule has 1 fully saturated rings. The molecule has 0 radical (unpaired) electrons. The van der Waals surface area contributed by atoms with Gasteiger partial charge in [-0.15, -0.1) is 0 Å². The van der Waals surface area contributed by atoms with Crippen LogP contribution >= 0.6 is 0 Å². The molecule has 1 N–H and O–H groups in total. The van der Waals surface area contributed by atoms with Crippen molar-refractivity contribution in [3.63, 3.8) is 0 Å². The van der Waals surface area contributed by atoms with E-state index in [1.165, 1.54) is 25.7 Å². The average Bonchev–Trinajstić information content (AvgIpc) is 2.86. The van der Waals surface area contributed by atoms with Crippen molar-refractivity contribution in [3.05, 3.63) is 30.2 Å². The zero-order valence-corrected chi connectivity index (χ0v) is 8.56. The van der Waals surface area contributed by atoms with E-state index in [-0.39, 0.29) is 5.75 Å². The number of hydrogen-bond acceptors (Lipinski definition) is 2. The lowest BCUT2D eigenvalue weighted by molar-refractivity contribution is 0.477. The maximum absolute atomic E-state index is 9.64. The third-order valence-corrected chi connectivity index (χ3v) is 3.25. The second kappa shape index (κ2) is 3.26. The first-order valence-corrected chi connectivity index (χ1v) is 5.51. The molecule has 0 bridgehead atoms. The minimum Gasteiger partial charge on any atom is -0.504 e. The zero-order valence-electron chi connectivity index (χ0n) is 8.56. The quantitative estimate of drug-likeness (QED) is 0.772. The molecule has 2 heterocycles. The summed E-state index contributed by atoms with van der Waals surface area (Å²) in [4.78, 5) is 4.51. The summed E-state index contributed by atoms with van der Waals surface area (Å²) in [5.41, 5.74) is 1.81. The Morgan fingerprint density at radius 3 is 2.87 bits per heavy atom. The Hall–Kier alpha value is -1.51. The van der Waals surface area contributed by atoms with Crippen LogP contribution in [-0.4, -0.2) is 14.5 Å². The number of hydrogen-bond donors (Lipinski definition) is 1. The van der Waals surface area contributed by atoms with Crippen LogP contribution < -0.4 is 0 Å². The summed E-state index contributed by atoms with van der Waals surface area (Å²) < 4.78 is 1.91. The molecule has 0 amide bonds. The lowest BCUT2D eigenvalue weighted by Gasteiger charge is -2.02. The maximum Gasteiger partial charge on any atom is 0.179 e. The van der Waals surface area contributed by atoms with Crippen molar-refractivity contribution < 1.29 is 5.11 Å². The standard InChI is InChI=1S/C12H14N2O/c15-11-6-3-7-14-8-10(13-12(11)14)9-4-1-2-5-9/h3,6-9,15H,1-2,4-5H2. The predicted octanol–water partition coefficient (Wildman–Crippen LogP) is 2.70. The molecule has 0 aliphatic heterocycles. The first kappa shape index (κ1) is 8.77. The average molecular weight is 202 g/mol. The number of pyridine rings is 1. The number of imidazole rings is 1. The Morgan fingerprint density at radius 2 is 2.13 bits per heavy atom. The van der Waals surface area contributed by atoms with Crippen LogP contribution in [0.4, 0.5) is 0 Å². The molecule has 1 aliphatic rings. The van der Waals surface area contributed by atoms with Crippen LogP contribution in [-0.2, 0) is 0 Å². The molecule has 78 valence electrons. The number of aromatic hydroxyl groups is 1. The van der Waals surface area contributed by atoms with E-state index in [9.17, 15) is 5.11 Å². The Kier molecular flexibility index (Phi) is 1.91. The summed E-state index contributed by atoms with van der Waals surface area (Å²) in [7, 11) is 0. The largest absolute Gasteiger partial charge is 0.504 e. The van der Waals surface area contributed by atoms with Crippen molar-refractivity contribution in [2.24, 2.45) is 0 Å². The Morgan fingerprint density at radius 1 is 1.33 bits per heavy atom. The molecule has 0 spiro atoms. The smallest absolute Gasteiger partial charge is 0.179 e. The molecule has 2 aromatic heterocycles. The van der Waals surface area contributed by atoms with Crippen molar-refractivity contribution in [1.82, 2.24) is 9.38 Å². The van der Waals surface area contributed by atoms with E-state index in [1.807, 2.05) is 22.9 Å². The maximum atomic E-state index is 9.64. The molecule has 15 heavy (non-hydrogen) atoms. The minimum atomic E-state index is 0.266. The van der Waals surface area contributed by atoms with Crippen molar-refractivity contribution in [1.29, 1.82) is 0 Å². The molecule has 0 unspecified atom stereocenters. The lowest BCUT2D eigenvalue weighted by Crippen LogP contribution is -1.91. The summed E-state index contributed by atoms with van der Waals surface area (Å²) in [6.45, 7) is 0. The van der Waals surface area contributed by atoms with Crippen LogP contribution in [0.3, 0.4) is 0 Å². The van der Waals surface area contributed by atoms with E-state index < -0.39 is 0 Å². The second-order valence-corrected chi connectivity index (χ2v) is 4.27. The summed E-state index contributed by atoms with van der Waals surface area (Å²) in [5.74, 6) is 0.867. The highest BCUT2D eigenvalue weighted by Crippen LogP contribution is 2.34. The van der Waals surface area contributed by atoms with Gasteiger partial charge in [0, 0.05) is 18.3 Å². The van der Waals surface area contributed by atoms with Gasteiger partial charge in [0.25, 0.3) is 0 Å². The third-order valence-electron chi connectivity index (χ3n) is 3.25. The fraction of sp³-hybridized carbons (Fsp3) is 0.417. The predicted molar refractivity (Wildman–Crippen MR) is 58.1 cm³/mol. The summed E-state index contributed by atoms with van der Waals surface area (Å²) in [5, 5.41) is 9.64. The van der Waals surface area contributed by atoms with Gasteiger partial charge in [-0.25, -0.2) is 4.98 Å². The second-order valence-electron chi connectivity index (χ2n) is 4.27. The molecule has 3 rings (SSSR count). The monoisotopic (exact) mass is 202 g/mol. The third kappa shape index (κ3) is 1.39. The summed E-state index contributed by atoms with van der Waals surface area (Å²) >= 11 is 0.